The maximum absolute atomic E-state index is 13.0. The molecule has 8 heteroatoms. The summed E-state index contributed by atoms with van der Waals surface area (Å²) in [6.45, 7) is 3.23. The highest BCUT2D eigenvalue weighted by atomic mass is 19.1. The fourth-order valence-corrected chi connectivity index (χ4v) is 3.31. The van der Waals surface area contributed by atoms with Crippen molar-refractivity contribution in [1.82, 2.24) is 9.80 Å². The Balaban J connectivity index is 1.37. The second-order valence-corrected chi connectivity index (χ2v) is 7.27. The number of piperazine rings is 1. The minimum Gasteiger partial charge on any atom is -0.366 e. The summed E-state index contributed by atoms with van der Waals surface area (Å²) in [7, 11) is 0. The number of nitrogens with one attached hydrogen (secondary N) is 1. The molecule has 158 valence electrons. The number of carbonyl (C=O) groups is 3. The van der Waals surface area contributed by atoms with Crippen molar-refractivity contribution in [2.24, 2.45) is 5.73 Å². The summed E-state index contributed by atoms with van der Waals surface area (Å²) >= 11 is 0. The van der Waals surface area contributed by atoms with Crippen LogP contribution in [0.4, 0.5) is 10.1 Å². The minimum absolute atomic E-state index is 0.0263. The van der Waals surface area contributed by atoms with Crippen LogP contribution in [0.2, 0.25) is 0 Å². The Bertz CT molecular complexity index is 892. The smallest absolute Gasteiger partial charge is 0.248 e. The molecule has 0 saturated carbocycles. The Labute approximate surface area is 174 Å². The van der Waals surface area contributed by atoms with Gasteiger partial charge >= 0.3 is 0 Å². The van der Waals surface area contributed by atoms with E-state index in [-0.39, 0.29) is 24.1 Å². The van der Waals surface area contributed by atoms with Gasteiger partial charge in [0, 0.05) is 50.4 Å². The number of anilines is 1. The molecule has 3 rings (SSSR count). The molecule has 3 amide bonds. The Hall–Kier alpha value is -3.26. The van der Waals surface area contributed by atoms with Crippen LogP contribution in [0.15, 0.2) is 48.5 Å². The highest BCUT2D eigenvalue weighted by Crippen LogP contribution is 2.11. The second kappa shape index (κ2) is 9.98. The van der Waals surface area contributed by atoms with Crippen molar-refractivity contribution < 1.29 is 18.8 Å². The molecule has 2 aromatic carbocycles. The van der Waals surface area contributed by atoms with Gasteiger partial charge in [-0.05, 0) is 42.0 Å². The molecular formula is C22H25FN4O3. The SMILES string of the molecule is NC(=O)c1ccc(NC(=O)CCN2CCN(C(=O)Cc3ccc(F)cc3)CC2)cc1. The second-order valence-electron chi connectivity index (χ2n) is 7.27. The third-order valence-corrected chi connectivity index (χ3v) is 5.10. The predicted molar refractivity (Wildman–Crippen MR) is 111 cm³/mol. The van der Waals surface area contributed by atoms with Gasteiger partial charge in [0.1, 0.15) is 5.82 Å². The number of rotatable bonds is 7. The first kappa shape index (κ1) is 21.4. The largest absolute Gasteiger partial charge is 0.366 e. The van der Waals surface area contributed by atoms with Gasteiger partial charge in [0.2, 0.25) is 17.7 Å². The Morgan fingerprint density at radius 3 is 2.17 bits per heavy atom. The zero-order chi connectivity index (χ0) is 21.5. The molecule has 0 unspecified atom stereocenters. The zero-order valence-corrected chi connectivity index (χ0v) is 16.6. The number of amides is 3. The molecule has 1 heterocycles. The summed E-state index contributed by atoms with van der Waals surface area (Å²) in [5.74, 6) is -0.912. The van der Waals surface area contributed by atoms with E-state index in [0.29, 0.717) is 50.4 Å². The molecule has 1 aliphatic heterocycles. The first-order valence-electron chi connectivity index (χ1n) is 9.85. The molecule has 3 N–H and O–H groups in total. The topological polar surface area (TPSA) is 95.7 Å². The Kier molecular flexibility index (Phi) is 7.13. The van der Waals surface area contributed by atoms with Gasteiger partial charge in [-0.3, -0.25) is 19.3 Å². The van der Waals surface area contributed by atoms with Crippen LogP contribution in [0.1, 0.15) is 22.3 Å². The number of benzene rings is 2. The quantitative estimate of drug-likeness (QED) is 0.723. The third-order valence-electron chi connectivity index (χ3n) is 5.10. The van der Waals surface area contributed by atoms with Gasteiger partial charge in [0.05, 0.1) is 6.42 Å². The molecule has 0 aliphatic carbocycles. The average molecular weight is 412 g/mol. The molecule has 0 aromatic heterocycles. The van der Waals surface area contributed by atoms with Gasteiger partial charge < -0.3 is 16.0 Å². The predicted octanol–water partition coefficient (Wildman–Crippen LogP) is 1.64. The van der Waals surface area contributed by atoms with Gasteiger partial charge in [-0.2, -0.15) is 0 Å². The molecule has 30 heavy (non-hydrogen) atoms. The fourth-order valence-electron chi connectivity index (χ4n) is 3.31. The Morgan fingerprint density at radius 2 is 1.57 bits per heavy atom. The van der Waals surface area contributed by atoms with E-state index in [1.807, 2.05) is 0 Å². The van der Waals surface area contributed by atoms with Crippen LogP contribution in [0, 0.1) is 5.82 Å². The van der Waals surface area contributed by atoms with Crippen LogP contribution in [-0.4, -0.2) is 60.2 Å². The van der Waals surface area contributed by atoms with E-state index in [4.69, 9.17) is 5.73 Å². The first-order chi connectivity index (χ1) is 14.4. The fraction of sp³-hybridized carbons (Fsp3) is 0.318. The van der Waals surface area contributed by atoms with Crippen LogP contribution >= 0.6 is 0 Å². The highest BCUT2D eigenvalue weighted by molar-refractivity contribution is 5.94. The average Bonchev–Trinajstić information content (AvgIpc) is 2.74. The standard InChI is InChI=1S/C22H25FN4O3/c23-18-5-1-16(2-6-18)15-21(29)27-13-11-26(12-14-27)10-9-20(28)25-19-7-3-17(4-8-19)22(24)30/h1-8H,9-15H2,(H2,24,30)(H,25,28). The van der Waals surface area contributed by atoms with Crippen molar-refractivity contribution in [3.63, 3.8) is 0 Å². The van der Waals surface area contributed by atoms with E-state index >= 15 is 0 Å². The first-order valence-corrected chi connectivity index (χ1v) is 9.85. The summed E-state index contributed by atoms with van der Waals surface area (Å²) < 4.78 is 13.0. The minimum atomic E-state index is -0.511. The molecule has 0 atom stereocenters. The van der Waals surface area contributed by atoms with Gasteiger partial charge in [-0.15, -0.1) is 0 Å². The number of primary amides is 1. The lowest BCUT2D eigenvalue weighted by molar-refractivity contribution is -0.132. The molecule has 0 radical (unpaired) electrons. The molecule has 0 spiro atoms. The summed E-state index contributed by atoms with van der Waals surface area (Å²) in [6, 6.07) is 12.4. The third kappa shape index (κ3) is 6.12. The number of nitrogens with zero attached hydrogens (tertiary/aromatic N) is 2. The van der Waals surface area contributed by atoms with E-state index in [9.17, 15) is 18.8 Å². The molecule has 2 aromatic rings. The van der Waals surface area contributed by atoms with Gasteiger partial charge in [0.25, 0.3) is 0 Å². The van der Waals surface area contributed by atoms with Crippen molar-refractivity contribution in [2.75, 3.05) is 38.0 Å². The summed E-state index contributed by atoms with van der Waals surface area (Å²) in [5.41, 5.74) is 6.99. The van der Waals surface area contributed by atoms with Gasteiger partial charge in [-0.1, -0.05) is 12.1 Å². The molecule has 7 nitrogen and oxygen atoms in total. The van der Waals surface area contributed by atoms with Crippen LogP contribution in [0.3, 0.4) is 0 Å². The lowest BCUT2D eigenvalue weighted by Gasteiger charge is -2.34. The maximum Gasteiger partial charge on any atom is 0.248 e. The van der Waals surface area contributed by atoms with E-state index in [0.717, 1.165) is 5.56 Å². The summed E-state index contributed by atoms with van der Waals surface area (Å²) in [4.78, 5) is 39.6. The van der Waals surface area contributed by atoms with Crippen LogP contribution < -0.4 is 11.1 Å². The van der Waals surface area contributed by atoms with Crippen molar-refractivity contribution in [1.29, 1.82) is 0 Å². The van der Waals surface area contributed by atoms with Crippen molar-refractivity contribution in [3.8, 4) is 0 Å². The van der Waals surface area contributed by atoms with E-state index in [2.05, 4.69) is 10.2 Å². The number of hydrogen-bond acceptors (Lipinski definition) is 4. The van der Waals surface area contributed by atoms with Crippen molar-refractivity contribution in [3.05, 3.63) is 65.5 Å². The van der Waals surface area contributed by atoms with Crippen molar-refractivity contribution >= 4 is 23.4 Å². The summed E-state index contributed by atoms with van der Waals surface area (Å²) in [5, 5.41) is 2.80. The van der Waals surface area contributed by atoms with Crippen LogP contribution in [-0.2, 0) is 16.0 Å². The molecule has 1 aliphatic rings. The zero-order valence-electron chi connectivity index (χ0n) is 16.6. The van der Waals surface area contributed by atoms with E-state index in [1.54, 1.807) is 41.3 Å². The lowest BCUT2D eigenvalue weighted by Crippen LogP contribution is -2.49. The monoisotopic (exact) mass is 412 g/mol. The van der Waals surface area contributed by atoms with Crippen LogP contribution in [0.5, 0.6) is 0 Å². The van der Waals surface area contributed by atoms with Gasteiger partial charge in [0.15, 0.2) is 0 Å². The van der Waals surface area contributed by atoms with E-state index < -0.39 is 5.91 Å². The molecule has 0 bridgehead atoms. The number of halogens is 1. The molecular weight excluding hydrogens is 387 g/mol. The molecule has 1 fully saturated rings. The normalized spacial score (nSPS) is 14.4. The van der Waals surface area contributed by atoms with Crippen molar-refractivity contribution in [2.45, 2.75) is 12.8 Å². The van der Waals surface area contributed by atoms with E-state index in [1.165, 1.54) is 12.1 Å². The highest BCUT2D eigenvalue weighted by Gasteiger charge is 2.21. The number of nitrogens with two attached hydrogens (primary N) is 1. The molecule has 1 saturated heterocycles. The van der Waals surface area contributed by atoms with Gasteiger partial charge in [-0.25, -0.2) is 4.39 Å². The number of hydrogen-bond donors (Lipinski definition) is 2. The number of carbonyl (C=O) groups excluding carboxylic acids is 3. The Morgan fingerprint density at radius 1 is 0.933 bits per heavy atom. The van der Waals surface area contributed by atoms with Crippen LogP contribution in [0.25, 0.3) is 0 Å². The summed E-state index contributed by atoms with van der Waals surface area (Å²) in [6.07, 6.45) is 0.596. The maximum atomic E-state index is 13.0. The lowest BCUT2D eigenvalue weighted by atomic mass is 10.1.